The standard InChI is InChI=1S/Al.3O3Si.Sc/c;3*1-4(2)3;/q+3;3*-2;+3. The van der Waals surface area contributed by atoms with Gasteiger partial charge in [-0.2, -0.15) is 0 Å². The van der Waals surface area contributed by atoms with Crippen molar-refractivity contribution in [2.75, 3.05) is 0 Å². The van der Waals surface area contributed by atoms with E-state index in [9.17, 15) is 0 Å². The van der Waals surface area contributed by atoms with Crippen molar-refractivity contribution in [1.82, 2.24) is 0 Å². The average molecular weight is 300 g/mol. The van der Waals surface area contributed by atoms with Crippen LogP contribution in [0.3, 0.4) is 0 Å². The molecular formula is AlO9ScSi3. The Bertz CT molecular complexity index is 118. The minimum Gasteiger partial charge on any atom is -0.672 e. The molecule has 0 saturated heterocycles. The molecule has 0 spiro atoms. The van der Waals surface area contributed by atoms with E-state index < -0.39 is 27.5 Å². The van der Waals surface area contributed by atoms with Crippen LogP contribution in [0, 0.1) is 0 Å². The maximum absolute atomic E-state index is 8.52. The Morgan fingerprint density at radius 1 is 0.571 bits per heavy atom. The second-order valence-corrected chi connectivity index (χ2v) is 2.25. The molecule has 0 aromatic heterocycles. The third-order valence-corrected chi connectivity index (χ3v) is 0. The van der Waals surface area contributed by atoms with Crippen LogP contribution < -0.4 is 28.8 Å². The Hall–Kier alpha value is 0.253. The summed E-state index contributed by atoms with van der Waals surface area (Å²) < 4.78 is 25.6. The van der Waals surface area contributed by atoms with Gasteiger partial charge in [0.25, 0.3) is 0 Å². The molecule has 0 radical (unpaired) electrons. The summed E-state index contributed by atoms with van der Waals surface area (Å²) in [5, 5.41) is 0. The predicted octanol–water partition coefficient (Wildman–Crippen LogP) is -9.02. The molecule has 0 N–H and O–H groups in total. The topological polar surface area (TPSA) is 190 Å². The van der Waals surface area contributed by atoms with Crippen molar-refractivity contribution in [2.45, 2.75) is 0 Å². The Kier molecular flexibility index (Phi) is 48.5. The van der Waals surface area contributed by atoms with E-state index in [0.29, 0.717) is 0 Å². The third kappa shape index (κ3) is 24200. The van der Waals surface area contributed by atoms with E-state index in [4.69, 9.17) is 42.2 Å². The van der Waals surface area contributed by atoms with E-state index in [1.54, 1.807) is 0 Å². The number of hydrogen-bond acceptors (Lipinski definition) is 9. The van der Waals surface area contributed by atoms with Crippen LogP contribution in [-0.4, -0.2) is 44.9 Å². The smallest absolute Gasteiger partial charge is 0.672 e. The second kappa shape index (κ2) is 23.2. The van der Waals surface area contributed by atoms with Crippen molar-refractivity contribution >= 4 is 44.9 Å². The van der Waals surface area contributed by atoms with Crippen LogP contribution in [0.15, 0.2) is 0 Å². The van der Waals surface area contributed by atoms with Crippen molar-refractivity contribution in [1.29, 1.82) is 0 Å². The first-order valence-electron chi connectivity index (χ1n) is 1.84. The Morgan fingerprint density at radius 3 is 0.571 bits per heavy atom. The molecule has 0 bridgehead atoms. The van der Waals surface area contributed by atoms with Gasteiger partial charge in [-0.25, -0.2) is 0 Å². The summed E-state index contributed by atoms with van der Waals surface area (Å²) in [4.78, 5) is 51.1. The average Bonchev–Trinajstić information content (AvgIpc) is 1.54. The van der Waals surface area contributed by atoms with Gasteiger partial charge in [-0.05, 0) is 0 Å². The maximum Gasteiger partial charge on any atom is 3.00 e. The van der Waals surface area contributed by atoms with Gasteiger partial charge in [-0.15, -0.1) is 0 Å². The van der Waals surface area contributed by atoms with E-state index in [-0.39, 0.29) is 43.2 Å². The van der Waals surface area contributed by atoms with Crippen LogP contribution in [0.2, 0.25) is 0 Å². The zero-order valence-electron chi connectivity index (χ0n) is 6.33. The summed E-state index contributed by atoms with van der Waals surface area (Å²) in [5.41, 5.74) is 0. The minimum atomic E-state index is -3.63. The summed E-state index contributed by atoms with van der Waals surface area (Å²) >= 11 is 0. The van der Waals surface area contributed by atoms with Gasteiger partial charge in [-0.3, -0.25) is 0 Å². The van der Waals surface area contributed by atoms with Crippen LogP contribution in [0.4, 0.5) is 0 Å². The molecule has 0 saturated carbocycles. The molecule has 0 aliphatic carbocycles. The van der Waals surface area contributed by atoms with Gasteiger partial charge in [-0.1, -0.05) is 0 Å². The number of hydrogen-bond donors (Lipinski definition) is 0. The van der Waals surface area contributed by atoms with Gasteiger partial charge in [0.05, 0.1) is 0 Å². The second-order valence-electron chi connectivity index (χ2n) is 0.750. The summed E-state index contributed by atoms with van der Waals surface area (Å²) in [6.07, 6.45) is 0. The van der Waals surface area contributed by atoms with Crippen LogP contribution in [0.5, 0.6) is 0 Å². The fourth-order valence-corrected chi connectivity index (χ4v) is 0. The van der Waals surface area contributed by atoms with Gasteiger partial charge in [0, 0.05) is 27.5 Å². The SMILES string of the molecule is O=[Si]([O-])[O-].O=[Si]([O-])[O-].O=[Si]([O-])[O-].[Al+3].[Sc+3]. The van der Waals surface area contributed by atoms with E-state index in [1.165, 1.54) is 0 Å². The predicted molar refractivity (Wildman–Crippen MR) is 25.1 cm³/mol. The zero-order chi connectivity index (χ0) is 10.7. The van der Waals surface area contributed by atoms with Crippen molar-refractivity contribution in [3.05, 3.63) is 0 Å². The molecule has 0 fully saturated rings. The molecule has 0 aliphatic rings. The van der Waals surface area contributed by atoms with Gasteiger partial charge < -0.3 is 42.2 Å². The maximum atomic E-state index is 8.52. The zero-order valence-corrected chi connectivity index (χ0v) is 12.3. The van der Waals surface area contributed by atoms with Gasteiger partial charge in [0.1, 0.15) is 0 Å². The molecule has 0 aromatic carbocycles. The van der Waals surface area contributed by atoms with Crippen LogP contribution in [0.25, 0.3) is 0 Å². The van der Waals surface area contributed by atoms with Crippen molar-refractivity contribution in [3.63, 3.8) is 0 Å². The van der Waals surface area contributed by atoms with Crippen molar-refractivity contribution in [2.24, 2.45) is 0 Å². The Labute approximate surface area is 112 Å². The molecule has 0 aromatic rings. The van der Waals surface area contributed by atoms with Crippen molar-refractivity contribution in [3.8, 4) is 0 Å². The summed E-state index contributed by atoms with van der Waals surface area (Å²) in [6, 6.07) is 0. The molecule has 14 heavy (non-hydrogen) atoms. The normalized spacial score (nSPS) is 5.14. The molecule has 0 unspecified atom stereocenters. The van der Waals surface area contributed by atoms with Crippen LogP contribution >= 0.6 is 0 Å². The van der Waals surface area contributed by atoms with Crippen molar-refractivity contribution < 1.29 is 68.0 Å². The van der Waals surface area contributed by atoms with E-state index in [2.05, 4.69) is 0 Å². The monoisotopic (exact) mass is 300 g/mol. The van der Waals surface area contributed by atoms with Crippen LogP contribution in [0.1, 0.15) is 0 Å². The Morgan fingerprint density at radius 2 is 0.571 bits per heavy atom. The molecular weight excluding hydrogens is 300 g/mol. The quantitative estimate of drug-likeness (QED) is 0.391. The molecule has 14 heteroatoms. The fourth-order valence-electron chi connectivity index (χ4n) is 0. The molecule has 0 heterocycles. The van der Waals surface area contributed by atoms with Gasteiger partial charge in [0.2, 0.25) is 0 Å². The fraction of sp³-hybridized carbons (Fsp3) is 0. The van der Waals surface area contributed by atoms with E-state index >= 15 is 0 Å². The molecule has 0 atom stereocenters. The first kappa shape index (κ1) is 29.2. The largest absolute Gasteiger partial charge is 3.00 e. The van der Waals surface area contributed by atoms with Crippen LogP contribution in [-0.2, 0) is 39.2 Å². The summed E-state index contributed by atoms with van der Waals surface area (Å²) in [6.45, 7) is 0. The first-order valence-corrected chi connectivity index (χ1v) is 5.51. The van der Waals surface area contributed by atoms with Gasteiger partial charge in [0.15, 0.2) is 0 Å². The molecule has 72 valence electrons. The number of rotatable bonds is 0. The van der Waals surface area contributed by atoms with E-state index in [1.807, 2.05) is 0 Å². The first-order chi connectivity index (χ1) is 5.20. The molecule has 0 aliphatic heterocycles. The molecule has 0 rings (SSSR count). The molecule has 9 nitrogen and oxygen atoms in total. The third-order valence-electron chi connectivity index (χ3n) is 0. The van der Waals surface area contributed by atoms with E-state index in [0.717, 1.165) is 0 Å². The minimum absolute atomic E-state index is 0. The summed E-state index contributed by atoms with van der Waals surface area (Å²) in [7, 11) is -10.9. The van der Waals surface area contributed by atoms with Gasteiger partial charge >= 0.3 is 43.2 Å². The molecule has 0 amide bonds. The summed E-state index contributed by atoms with van der Waals surface area (Å²) in [5.74, 6) is 0. The Balaban J connectivity index is -0.0000000270.